The molecule has 0 aromatic carbocycles. The summed E-state index contributed by atoms with van der Waals surface area (Å²) in [5.74, 6) is -1.43. The predicted molar refractivity (Wildman–Crippen MR) is 97.3 cm³/mol. The first-order chi connectivity index (χ1) is 11.1. The summed E-state index contributed by atoms with van der Waals surface area (Å²) in [6.45, 7) is 3.91. The van der Waals surface area contributed by atoms with E-state index in [2.05, 4.69) is 6.92 Å². The topological polar surface area (TPSA) is 63.6 Å². The van der Waals surface area contributed by atoms with E-state index in [-0.39, 0.29) is 12.0 Å². The molecule has 0 aromatic rings. The number of hydrogen-bond donors (Lipinski definition) is 1. The van der Waals surface area contributed by atoms with E-state index >= 15 is 0 Å². The lowest BCUT2D eigenvalue weighted by Gasteiger charge is -2.06. The molecule has 0 bridgehead atoms. The maximum absolute atomic E-state index is 11.7. The molecule has 0 aliphatic rings. The van der Waals surface area contributed by atoms with Gasteiger partial charge in [-0.3, -0.25) is 4.79 Å². The molecule has 1 N–H and O–H groups in total. The van der Waals surface area contributed by atoms with Crippen molar-refractivity contribution < 1.29 is 19.1 Å². The summed E-state index contributed by atoms with van der Waals surface area (Å²) in [6.07, 6.45) is 14.3. The second-order valence-electron chi connectivity index (χ2n) is 6.06. The van der Waals surface area contributed by atoms with E-state index in [1.807, 2.05) is 0 Å². The van der Waals surface area contributed by atoms with E-state index in [0.29, 0.717) is 0 Å². The van der Waals surface area contributed by atoms with Gasteiger partial charge in [0, 0.05) is 5.57 Å². The van der Waals surface area contributed by atoms with Crippen molar-refractivity contribution in [3.05, 3.63) is 11.6 Å². The normalized spacial score (nSPS) is 12.0. The Bertz CT molecular complexity index is 353. The largest absolute Gasteiger partial charge is 0.522 e. The van der Waals surface area contributed by atoms with Crippen LogP contribution in [0.2, 0.25) is 6.04 Å². The van der Waals surface area contributed by atoms with Crippen LogP contribution >= 0.6 is 0 Å². The second-order valence-corrected chi connectivity index (χ2v) is 7.46. The number of hydrogen-bond acceptors (Lipinski definition) is 3. The van der Waals surface area contributed by atoms with Gasteiger partial charge < -0.3 is 9.53 Å². The summed E-state index contributed by atoms with van der Waals surface area (Å²) < 4.78 is 5.25. The summed E-state index contributed by atoms with van der Waals surface area (Å²) in [7, 11) is -0.859. The van der Waals surface area contributed by atoms with Gasteiger partial charge in [0.1, 0.15) is 0 Å². The zero-order valence-corrected chi connectivity index (χ0v) is 16.4. The van der Waals surface area contributed by atoms with Crippen LogP contribution in [0.3, 0.4) is 0 Å². The van der Waals surface area contributed by atoms with Crippen LogP contribution in [0.15, 0.2) is 11.6 Å². The summed E-state index contributed by atoms with van der Waals surface area (Å²) in [4.78, 5) is 22.3. The Morgan fingerprint density at radius 2 is 1.48 bits per heavy atom. The highest BCUT2D eigenvalue weighted by Crippen LogP contribution is 2.11. The molecule has 4 nitrogen and oxygen atoms in total. The van der Waals surface area contributed by atoms with Crippen molar-refractivity contribution in [2.45, 2.75) is 90.5 Å². The summed E-state index contributed by atoms with van der Waals surface area (Å²) in [5.41, 5.74) is 0.257. The van der Waals surface area contributed by atoms with Crippen LogP contribution in [-0.4, -0.2) is 26.8 Å². The smallest absolute Gasteiger partial charge is 0.320 e. The van der Waals surface area contributed by atoms with Gasteiger partial charge in [-0.05, 0) is 13.0 Å². The highest BCUT2D eigenvalue weighted by Gasteiger charge is 2.13. The van der Waals surface area contributed by atoms with Gasteiger partial charge in [-0.25, -0.2) is 4.79 Å². The molecule has 0 aliphatic carbocycles. The van der Waals surface area contributed by atoms with Gasteiger partial charge in [-0.1, -0.05) is 77.2 Å². The first kappa shape index (κ1) is 21.9. The molecule has 0 atom stereocenters. The molecule has 5 heteroatoms. The van der Waals surface area contributed by atoms with E-state index in [0.717, 1.165) is 12.5 Å². The maximum atomic E-state index is 11.7. The molecule has 0 aromatic heterocycles. The van der Waals surface area contributed by atoms with E-state index in [1.165, 1.54) is 63.9 Å². The molecule has 134 valence electrons. The summed E-state index contributed by atoms with van der Waals surface area (Å²) in [6, 6.07) is 0.992. The Morgan fingerprint density at radius 3 is 1.96 bits per heavy atom. The fourth-order valence-corrected chi connectivity index (χ4v) is 3.55. The number of carboxylic acid groups (broad SMARTS) is 1. The highest BCUT2D eigenvalue weighted by atomic mass is 28.2. The lowest BCUT2D eigenvalue weighted by Crippen LogP contribution is -2.13. The lowest BCUT2D eigenvalue weighted by molar-refractivity contribution is -0.138. The average molecular weight is 343 g/mol. The van der Waals surface area contributed by atoms with Crippen LogP contribution in [0.5, 0.6) is 0 Å². The Morgan fingerprint density at radius 1 is 0.957 bits per heavy atom. The number of carbonyl (C=O) groups excluding carboxylic acids is 1. The molecule has 0 unspecified atom stereocenters. The molecule has 0 saturated heterocycles. The molecule has 0 radical (unpaired) electrons. The van der Waals surface area contributed by atoms with Crippen molar-refractivity contribution in [3.63, 3.8) is 0 Å². The third-order valence-corrected chi connectivity index (χ3v) is 5.19. The van der Waals surface area contributed by atoms with Crippen molar-refractivity contribution in [2.75, 3.05) is 0 Å². The summed E-state index contributed by atoms with van der Waals surface area (Å²) >= 11 is 0. The van der Waals surface area contributed by atoms with Crippen LogP contribution in [0.25, 0.3) is 0 Å². The quantitative estimate of drug-likeness (QED) is 0.273. The Hall–Kier alpha value is -1.10. The van der Waals surface area contributed by atoms with Crippen LogP contribution in [-0.2, 0) is 14.0 Å². The van der Waals surface area contributed by atoms with Crippen molar-refractivity contribution in [3.8, 4) is 0 Å². The minimum atomic E-state index is -0.994. The van der Waals surface area contributed by atoms with Gasteiger partial charge in [0.2, 0.25) is 9.76 Å². The predicted octanol–water partition coefficient (Wildman–Crippen LogP) is 4.37. The number of aliphatic carboxylic acids is 1. The minimum Gasteiger partial charge on any atom is -0.522 e. The van der Waals surface area contributed by atoms with Crippen molar-refractivity contribution in [1.82, 2.24) is 0 Å². The molecular formula is C18H34O4Si. The molecule has 0 amide bonds. The Kier molecular flexibility index (Phi) is 15.0. The van der Waals surface area contributed by atoms with E-state index in [1.54, 1.807) is 6.92 Å². The average Bonchev–Trinajstić information content (AvgIpc) is 2.53. The number of carbonyl (C=O) groups is 2. The van der Waals surface area contributed by atoms with E-state index < -0.39 is 21.7 Å². The molecule has 23 heavy (non-hydrogen) atoms. The zero-order valence-electron chi connectivity index (χ0n) is 14.9. The number of unbranched alkanes of at least 4 members (excludes halogenated alkanes) is 9. The van der Waals surface area contributed by atoms with Gasteiger partial charge in [-0.2, -0.15) is 0 Å². The van der Waals surface area contributed by atoms with Crippen LogP contribution in [0.1, 0.15) is 84.5 Å². The number of carboxylic acids is 1. The number of rotatable bonds is 15. The van der Waals surface area contributed by atoms with Gasteiger partial charge in [-0.15, -0.1) is 0 Å². The molecule has 0 saturated carbocycles. The molecule has 0 aliphatic heterocycles. The Labute approximate surface area is 143 Å². The molecule has 0 spiro atoms. The second kappa shape index (κ2) is 15.8. The first-order valence-corrected chi connectivity index (χ1v) is 10.7. The van der Waals surface area contributed by atoms with Gasteiger partial charge in [0.15, 0.2) is 0 Å². The monoisotopic (exact) mass is 342 g/mol. The minimum absolute atomic E-state index is 0.248. The Balaban J connectivity index is 3.42. The van der Waals surface area contributed by atoms with Gasteiger partial charge in [0.25, 0.3) is 0 Å². The van der Waals surface area contributed by atoms with Crippen LogP contribution in [0.4, 0.5) is 0 Å². The highest BCUT2D eigenvalue weighted by molar-refractivity contribution is 6.31. The van der Waals surface area contributed by atoms with Crippen LogP contribution < -0.4 is 0 Å². The van der Waals surface area contributed by atoms with Gasteiger partial charge in [0.05, 0.1) is 6.42 Å². The van der Waals surface area contributed by atoms with Crippen molar-refractivity contribution in [1.29, 1.82) is 0 Å². The first-order valence-electron chi connectivity index (χ1n) is 9.15. The molecular weight excluding hydrogens is 308 g/mol. The number of allylic oxidation sites excluding steroid dienone is 1. The van der Waals surface area contributed by atoms with Crippen molar-refractivity contribution in [2.24, 2.45) is 0 Å². The standard InChI is InChI=1S/C18H34O4Si/c1-3-5-6-7-8-9-10-11-12-13-14-23-22-18(21)16(4-2)15-17(19)20/h4H,3,5-15,23H2,1-2H3,(H,19,20). The third-order valence-electron chi connectivity index (χ3n) is 3.93. The van der Waals surface area contributed by atoms with Gasteiger partial charge >= 0.3 is 11.9 Å². The fraction of sp³-hybridized carbons (Fsp3) is 0.778. The lowest BCUT2D eigenvalue weighted by atomic mass is 10.1. The fourth-order valence-electron chi connectivity index (χ4n) is 2.48. The zero-order chi connectivity index (χ0) is 17.3. The van der Waals surface area contributed by atoms with Crippen molar-refractivity contribution >= 4 is 21.7 Å². The molecule has 0 heterocycles. The SMILES string of the molecule is CC=C(CC(=O)O)C(=O)O[SiH2]CCCCCCCCCCCC. The van der Waals surface area contributed by atoms with E-state index in [9.17, 15) is 9.59 Å². The molecule has 0 rings (SSSR count). The summed E-state index contributed by atoms with van der Waals surface area (Å²) in [5, 5.41) is 8.70. The van der Waals surface area contributed by atoms with E-state index in [4.69, 9.17) is 9.53 Å². The third kappa shape index (κ3) is 14.2. The maximum Gasteiger partial charge on any atom is 0.320 e. The van der Waals surface area contributed by atoms with Crippen LogP contribution in [0, 0.1) is 0 Å². The molecule has 0 fully saturated rings.